The molecule has 1 aliphatic rings. The van der Waals surface area contributed by atoms with Gasteiger partial charge >= 0.3 is 0 Å². The van der Waals surface area contributed by atoms with Crippen LogP contribution in [0, 0.1) is 0 Å². The number of rotatable bonds is 8. The molecule has 3 aromatic heterocycles. The van der Waals surface area contributed by atoms with Gasteiger partial charge in [0, 0.05) is 25.9 Å². The Kier molecular flexibility index (Phi) is 5.90. The van der Waals surface area contributed by atoms with Gasteiger partial charge in [-0.2, -0.15) is 10.2 Å². The number of likely N-dealkylation sites (tertiary alicyclic amines) is 1. The number of hydrogen-bond acceptors (Lipinski definition) is 5. The van der Waals surface area contributed by atoms with Crippen LogP contribution in [0.2, 0.25) is 0 Å². The van der Waals surface area contributed by atoms with Crippen LogP contribution in [0.25, 0.3) is 5.69 Å². The number of aromatic nitrogens is 5. The summed E-state index contributed by atoms with van der Waals surface area (Å²) in [6.45, 7) is 5.16. The van der Waals surface area contributed by atoms with Crippen LogP contribution in [0.4, 0.5) is 0 Å². The van der Waals surface area contributed by atoms with E-state index in [4.69, 9.17) is 14.5 Å². The second-order valence-corrected chi connectivity index (χ2v) is 7.78. The minimum absolute atomic E-state index is 0.372. The number of furan rings is 1. The van der Waals surface area contributed by atoms with Gasteiger partial charge in [-0.05, 0) is 37.9 Å². The zero-order chi connectivity index (χ0) is 19.3. The molecule has 0 N–H and O–H groups in total. The SMILES string of the molecule is CCCCCc1nc(C2CCCN(Cc3ccco3)C2)n(-c2cnn(C)c2)n1. The lowest BCUT2D eigenvalue weighted by atomic mass is 9.97. The summed E-state index contributed by atoms with van der Waals surface area (Å²) in [5.41, 5.74) is 0.995. The molecule has 0 radical (unpaired) electrons. The van der Waals surface area contributed by atoms with Gasteiger partial charge in [0.05, 0.1) is 25.2 Å². The molecule has 1 unspecified atom stereocenters. The molecule has 0 aliphatic carbocycles. The number of nitrogens with zero attached hydrogens (tertiary/aromatic N) is 6. The first-order valence-electron chi connectivity index (χ1n) is 10.4. The van der Waals surface area contributed by atoms with Gasteiger partial charge in [0.15, 0.2) is 5.82 Å². The third-order valence-corrected chi connectivity index (χ3v) is 5.45. The number of aryl methyl sites for hydroxylation is 2. The molecule has 1 fully saturated rings. The van der Waals surface area contributed by atoms with Crippen LogP contribution in [-0.4, -0.2) is 42.5 Å². The summed E-state index contributed by atoms with van der Waals surface area (Å²) in [6.07, 6.45) is 12.4. The minimum atomic E-state index is 0.372. The maximum atomic E-state index is 5.55. The lowest BCUT2D eigenvalue weighted by Gasteiger charge is -2.31. The van der Waals surface area contributed by atoms with E-state index in [0.717, 1.165) is 68.4 Å². The summed E-state index contributed by atoms with van der Waals surface area (Å²) >= 11 is 0. The molecule has 1 atom stereocenters. The molecule has 7 heteroatoms. The van der Waals surface area contributed by atoms with Gasteiger partial charge in [0.25, 0.3) is 0 Å². The fraction of sp³-hybridized carbons (Fsp3) is 0.571. The van der Waals surface area contributed by atoms with E-state index in [2.05, 4.69) is 16.9 Å². The molecular formula is C21H30N6O. The van der Waals surface area contributed by atoms with E-state index in [9.17, 15) is 0 Å². The fourth-order valence-electron chi connectivity index (χ4n) is 4.01. The molecule has 0 aromatic carbocycles. The summed E-state index contributed by atoms with van der Waals surface area (Å²) in [5, 5.41) is 9.19. The summed E-state index contributed by atoms with van der Waals surface area (Å²) in [7, 11) is 1.94. The lowest BCUT2D eigenvalue weighted by molar-refractivity contribution is 0.182. The third-order valence-electron chi connectivity index (χ3n) is 5.45. The Hall–Kier alpha value is -2.41. The zero-order valence-corrected chi connectivity index (χ0v) is 16.9. The normalized spacial score (nSPS) is 18.0. The lowest BCUT2D eigenvalue weighted by Crippen LogP contribution is -2.34. The first-order chi connectivity index (χ1) is 13.7. The van der Waals surface area contributed by atoms with Crippen molar-refractivity contribution in [1.29, 1.82) is 0 Å². The van der Waals surface area contributed by atoms with Crippen LogP contribution < -0.4 is 0 Å². The predicted molar refractivity (Wildman–Crippen MR) is 107 cm³/mol. The predicted octanol–water partition coefficient (Wildman–Crippen LogP) is 3.71. The molecule has 4 rings (SSSR count). The monoisotopic (exact) mass is 382 g/mol. The minimum Gasteiger partial charge on any atom is -0.468 e. The van der Waals surface area contributed by atoms with Gasteiger partial charge < -0.3 is 4.42 Å². The smallest absolute Gasteiger partial charge is 0.151 e. The van der Waals surface area contributed by atoms with Crippen molar-refractivity contribution in [1.82, 2.24) is 29.4 Å². The molecular weight excluding hydrogens is 352 g/mol. The van der Waals surface area contributed by atoms with Crippen LogP contribution in [0.3, 0.4) is 0 Å². The van der Waals surface area contributed by atoms with Gasteiger partial charge in [0.2, 0.25) is 0 Å². The highest BCUT2D eigenvalue weighted by molar-refractivity contribution is 5.27. The number of hydrogen-bond donors (Lipinski definition) is 0. The average Bonchev–Trinajstić information content (AvgIpc) is 3.43. The highest BCUT2D eigenvalue weighted by atomic mass is 16.3. The summed E-state index contributed by atoms with van der Waals surface area (Å²) in [6, 6.07) is 4.01. The Morgan fingerprint density at radius 2 is 2.21 bits per heavy atom. The van der Waals surface area contributed by atoms with E-state index in [1.54, 1.807) is 6.26 Å². The molecule has 3 aromatic rings. The average molecular weight is 383 g/mol. The van der Waals surface area contributed by atoms with Crippen molar-refractivity contribution < 1.29 is 4.42 Å². The molecule has 0 amide bonds. The molecule has 0 spiro atoms. The molecule has 7 nitrogen and oxygen atoms in total. The molecule has 28 heavy (non-hydrogen) atoms. The highest BCUT2D eigenvalue weighted by Gasteiger charge is 2.27. The van der Waals surface area contributed by atoms with Gasteiger partial charge in [-0.1, -0.05) is 19.8 Å². The van der Waals surface area contributed by atoms with Crippen molar-refractivity contribution in [3.63, 3.8) is 0 Å². The Labute approximate surface area is 166 Å². The van der Waals surface area contributed by atoms with Crippen molar-refractivity contribution >= 4 is 0 Å². The highest BCUT2D eigenvalue weighted by Crippen LogP contribution is 2.28. The van der Waals surface area contributed by atoms with E-state index in [1.165, 1.54) is 12.8 Å². The van der Waals surface area contributed by atoms with Crippen molar-refractivity contribution in [3.05, 3.63) is 48.2 Å². The largest absolute Gasteiger partial charge is 0.468 e. The molecule has 1 saturated heterocycles. The Morgan fingerprint density at radius 3 is 2.96 bits per heavy atom. The van der Waals surface area contributed by atoms with E-state index in [0.29, 0.717) is 5.92 Å². The van der Waals surface area contributed by atoms with Crippen LogP contribution in [0.5, 0.6) is 0 Å². The van der Waals surface area contributed by atoms with Gasteiger partial charge in [-0.3, -0.25) is 9.58 Å². The van der Waals surface area contributed by atoms with Crippen LogP contribution >= 0.6 is 0 Å². The van der Waals surface area contributed by atoms with Gasteiger partial charge in [-0.15, -0.1) is 0 Å². The summed E-state index contributed by atoms with van der Waals surface area (Å²) in [5.74, 6) is 3.42. The van der Waals surface area contributed by atoms with E-state index in [1.807, 2.05) is 40.9 Å². The number of unbranched alkanes of at least 4 members (excludes halogenated alkanes) is 2. The molecule has 0 saturated carbocycles. The maximum Gasteiger partial charge on any atom is 0.151 e. The quantitative estimate of drug-likeness (QED) is 0.556. The second-order valence-electron chi connectivity index (χ2n) is 7.78. The van der Waals surface area contributed by atoms with Crippen molar-refractivity contribution in [3.8, 4) is 5.69 Å². The maximum absolute atomic E-state index is 5.55. The Balaban J connectivity index is 1.55. The topological polar surface area (TPSA) is 64.9 Å². The first-order valence-corrected chi connectivity index (χ1v) is 10.4. The molecule has 1 aliphatic heterocycles. The standard InChI is InChI=1S/C21H30N6O/c1-3-4-5-10-20-23-21(27(24-20)18-13-22-25(2)15-18)17-8-6-11-26(14-17)16-19-9-7-12-28-19/h7,9,12-13,15,17H,3-6,8,10-11,14,16H2,1-2H3. The van der Waals surface area contributed by atoms with E-state index < -0.39 is 0 Å². The van der Waals surface area contributed by atoms with Crippen molar-refractivity contribution in [2.24, 2.45) is 7.05 Å². The summed E-state index contributed by atoms with van der Waals surface area (Å²) in [4.78, 5) is 7.45. The second kappa shape index (κ2) is 8.73. The molecule has 4 heterocycles. The van der Waals surface area contributed by atoms with Gasteiger partial charge in [-0.25, -0.2) is 9.67 Å². The van der Waals surface area contributed by atoms with Crippen LogP contribution in [0.1, 0.15) is 62.4 Å². The third kappa shape index (κ3) is 4.35. The Morgan fingerprint density at radius 1 is 1.29 bits per heavy atom. The Bertz CT molecular complexity index is 865. The van der Waals surface area contributed by atoms with Crippen LogP contribution in [-0.2, 0) is 20.0 Å². The van der Waals surface area contributed by atoms with Crippen molar-refractivity contribution in [2.45, 2.75) is 57.9 Å². The summed E-state index contributed by atoms with van der Waals surface area (Å²) < 4.78 is 9.39. The van der Waals surface area contributed by atoms with E-state index >= 15 is 0 Å². The first kappa shape index (κ1) is 18.9. The van der Waals surface area contributed by atoms with Crippen LogP contribution in [0.15, 0.2) is 35.2 Å². The molecule has 150 valence electrons. The zero-order valence-electron chi connectivity index (χ0n) is 16.9. The molecule has 0 bridgehead atoms. The fourth-order valence-corrected chi connectivity index (χ4v) is 4.01. The van der Waals surface area contributed by atoms with Crippen molar-refractivity contribution in [2.75, 3.05) is 13.1 Å². The number of piperidine rings is 1. The van der Waals surface area contributed by atoms with Gasteiger partial charge in [0.1, 0.15) is 17.3 Å². The van der Waals surface area contributed by atoms with E-state index in [-0.39, 0.29) is 0 Å².